The summed E-state index contributed by atoms with van der Waals surface area (Å²) >= 11 is 0. The molecule has 1 rings (SSSR count). The van der Waals surface area contributed by atoms with Crippen LogP contribution in [-0.2, 0) is 21.3 Å². The molecule has 1 aromatic rings. The average molecular weight is 310 g/mol. The average Bonchev–Trinajstić information content (AvgIpc) is 2.46. The number of nitrogens with zero attached hydrogens (tertiary/aromatic N) is 1. The third-order valence-electron chi connectivity index (χ3n) is 2.96. The van der Waals surface area contributed by atoms with Gasteiger partial charge in [0.15, 0.2) is 0 Å². The number of nitrogens with two attached hydrogens (primary N) is 1. The zero-order valence-electron chi connectivity index (χ0n) is 12.5. The van der Waals surface area contributed by atoms with Crippen LogP contribution in [-0.4, -0.2) is 45.8 Å². The maximum Gasteiger partial charge on any atom is 0.214 e. The minimum Gasteiger partial charge on any atom is -0.385 e. The van der Waals surface area contributed by atoms with E-state index in [9.17, 15) is 8.42 Å². The van der Waals surface area contributed by atoms with Crippen LogP contribution in [0.4, 0.5) is 0 Å². The van der Waals surface area contributed by atoms with E-state index >= 15 is 0 Å². The highest BCUT2D eigenvalue weighted by molar-refractivity contribution is 7.89. The molecule has 0 heterocycles. The normalized spacial score (nSPS) is 11.2. The Labute approximate surface area is 127 Å². The predicted octanol–water partition coefficient (Wildman–Crippen LogP) is 0.795. The molecule has 0 fully saturated rings. The van der Waals surface area contributed by atoms with Gasteiger partial charge >= 0.3 is 0 Å². The first-order valence-corrected chi connectivity index (χ1v) is 8.32. The molecular weight excluding hydrogens is 288 g/mol. The van der Waals surface area contributed by atoms with Crippen LogP contribution in [0, 0.1) is 11.8 Å². The maximum absolute atomic E-state index is 12.1. The van der Waals surface area contributed by atoms with E-state index in [1.165, 1.54) is 4.31 Å². The zero-order chi connectivity index (χ0) is 15.7. The predicted molar refractivity (Wildman–Crippen MR) is 84.1 cm³/mol. The molecule has 0 spiro atoms. The molecule has 0 aliphatic carbocycles. The highest BCUT2D eigenvalue weighted by atomic mass is 32.2. The number of ether oxygens (including phenoxy) is 1. The van der Waals surface area contributed by atoms with Crippen LogP contribution in [0.1, 0.15) is 17.5 Å². The molecule has 5 nitrogen and oxygen atoms in total. The minimum absolute atomic E-state index is 0.0774. The minimum atomic E-state index is -3.29. The summed E-state index contributed by atoms with van der Waals surface area (Å²) in [6, 6.07) is 7.48. The van der Waals surface area contributed by atoms with Gasteiger partial charge in [0.2, 0.25) is 10.0 Å². The number of methoxy groups -OCH3 is 1. The van der Waals surface area contributed by atoms with Crippen molar-refractivity contribution in [3.8, 4) is 11.8 Å². The van der Waals surface area contributed by atoms with Crippen molar-refractivity contribution in [2.24, 2.45) is 5.73 Å². The third-order valence-corrected chi connectivity index (χ3v) is 4.84. The van der Waals surface area contributed by atoms with E-state index in [0.717, 1.165) is 11.1 Å². The van der Waals surface area contributed by atoms with Crippen molar-refractivity contribution < 1.29 is 13.2 Å². The molecule has 0 saturated carbocycles. The Hall–Kier alpha value is -1.39. The maximum atomic E-state index is 12.1. The molecule has 0 amide bonds. The molecule has 0 aliphatic heterocycles. The molecule has 0 atom stereocenters. The number of sulfonamides is 1. The summed E-state index contributed by atoms with van der Waals surface area (Å²) in [7, 11) is -0.151. The van der Waals surface area contributed by atoms with Crippen LogP contribution in [0.2, 0.25) is 0 Å². The Balaban J connectivity index is 2.81. The fourth-order valence-corrected chi connectivity index (χ4v) is 2.94. The van der Waals surface area contributed by atoms with Gasteiger partial charge in [0.05, 0.1) is 12.3 Å². The molecule has 0 unspecified atom stereocenters. The van der Waals surface area contributed by atoms with Crippen LogP contribution < -0.4 is 5.73 Å². The lowest BCUT2D eigenvalue weighted by Gasteiger charge is -2.18. The van der Waals surface area contributed by atoms with Crippen molar-refractivity contribution in [2.45, 2.75) is 13.0 Å². The van der Waals surface area contributed by atoms with Crippen LogP contribution in [0.15, 0.2) is 24.3 Å². The third kappa shape index (κ3) is 5.86. The number of benzene rings is 1. The van der Waals surface area contributed by atoms with Crippen molar-refractivity contribution in [1.29, 1.82) is 0 Å². The summed E-state index contributed by atoms with van der Waals surface area (Å²) in [6.45, 7) is 1.01. The van der Waals surface area contributed by atoms with Gasteiger partial charge in [-0.15, -0.1) is 0 Å². The van der Waals surface area contributed by atoms with Gasteiger partial charge in [-0.05, 0) is 18.1 Å². The van der Waals surface area contributed by atoms with Gasteiger partial charge in [0, 0.05) is 32.9 Å². The van der Waals surface area contributed by atoms with Gasteiger partial charge in [-0.2, -0.15) is 0 Å². The first-order chi connectivity index (χ1) is 10.0. The first-order valence-electron chi connectivity index (χ1n) is 6.71. The van der Waals surface area contributed by atoms with Crippen LogP contribution in [0.25, 0.3) is 0 Å². The molecule has 6 heteroatoms. The van der Waals surface area contributed by atoms with E-state index < -0.39 is 10.0 Å². The molecule has 2 N–H and O–H groups in total. The fraction of sp³-hybridized carbons (Fsp3) is 0.467. The topological polar surface area (TPSA) is 72.6 Å². The van der Waals surface area contributed by atoms with Crippen molar-refractivity contribution in [1.82, 2.24) is 4.31 Å². The van der Waals surface area contributed by atoms with E-state index in [2.05, 4.69) is 11.8 Å². The molecule has 0 radical (unpaired) electrons. The monoisotopic (exact) mass is 310 g/mol. The molecule has 0 aliphatic rings. The zero-order valence-corrected chi connectivity index (χ0v) is 13.3. The molecular formula is C15H22N2O3S. The SMILES string of the molecule is COCCCS(=O)(=O)N(C)Cc1ccccc1C#CCN. The van der Waals surface area contributed by atoms with Crippen LogP contribution in [0.3, 0.4) is 0 Å². The van der Waals surface area contributed by atoms with Crippen molar-refractivity contribution >= 4 is 10.0 Å². The summed E-state index contributed by atoms with van der Waals surface area (Å²) < 4.78 is 30.5. The Kier molecular flexibility index (Phi) is 7.40. The van der Waals surface area contributed by atoms with Crippen molar-refractivity contribution in [3.63, 3.8) is 0 Å². The Bertz CT molecular complexity index is 603. The molecule has 116 valence electrons. The smallest absolute Gasteiger partial charge is 0.214 e. The largest absolute Gasteiger partial charge is 0.385 e. The molecule has 0 aromatic heterocycles. The molecule has 0 bridgehead atoms. The highest BCUT2D eigenvalue weighted by Gasteiger charge is 2.18. The number of hydrogen-bond donors (Lipinski definition) is 1. The Morgan fingerprint density at radius 2 is 2.05 bits per heavy atom. The van der Waals surface area contributed by atoms with Gasteiger partial charge in [0.1, 0.15) is 0 Å². The van der Waals surface area contributed by atoms with E-state index in [0.29, 0.717) is 19.6 Å². The summed E-state index contributed by atoms with van der Waals surface area (Å²) in [4.78, 5) is 0. The summed E-state index contributed by atoms with van der Waals surface area (Å²) in [5, 5.41) is 0. The number of hydrogen-bond acceptors (Lipinski definition) is 4. The highest BCUT2D eigenvalue weighted by Crippen LogP contribution is 2.13. The van der Waals surface area contributed by atoms with Crippen molar-refractivity contribution in [2.75, 3.05) is 33.1 Å². The summed E-state index contributed by atoms with van der Waals surface area (Å²) in [6.07, 6.45) is 0.484. The lowest BCUT2D eigenvalue weighted by Crippen LogP contribution is -2.29. The second kappa shape index (κ2) is 8.80. The van der Waals surface area contributed by atoms with Crippen LogP contribution in [0.5, 0.6) is 0 Å². The van der Waals surface area contributed by atoms with Gasteiger partial charge in [-0.25, -0.2) is 12.7 Å². The van der Waals surface area contributed by atoms with E-state index in [1.54, 1.807) is 14.2 Å². The lowest BCUT2D eigenvalue weighted by atomic mass is 10.1. The van der Waals surface area contributed by atoms with Crippen molar-refractivity contribution in [3.05, 3.63) is 35.4 Å². The van der Waals surface area contributed by atoms with E-state index in [4.69, 9.17) is 10.5 Å². The second-order valence-electron chi connectivity index (χ2n) is 4.58. The standard InChI is InChI=1S/C15H22N2O3S/c1-17(21(18,19)12-6-11-20-2)13-15-8-4-3-7-14(15)9-5-10-16/h3-4,7-8H,6,10-13,16H2,1-2H3. The molecule has 0 saturated heterocycles. The van der Waals surface area contributed by atoms with Gasteiger partial charge in [-0.1, -0.05) is 30.0 Å². The second-order valence-corrected chi connectivity index (χ2v) is 6.78. The van der Waals surface area contributed by atoms with Crippen LogP contribution >= 0.6 is 0 Å². The molecule has 1 aromatic carbocycles. The quantitative estimate of drug-likeness (QED) is 0.597. The lowest BCUT2D eigenvalue weighted by molar-refractivity contribution is 0.199. The summed E-state index contributed by atoms with van der Waals surface area (Å²) in [5.41, 5.74) is 7.05. The first kappa shape index (κ1) is 17.7. The van der Waals surface area contributed by atoms with E-state index in [1.807, 2.05) is 24.3 Å². The Morgan fingerprint density at radius 1 is 1.33 bits per heavy atom. The fourth-order valence-electron chi connectivity index (χ4n) is 1.81. The van der Waals surface area contributed by atoms with Gasteiger partial charge in [0.25, 0.3) is 0 Å². The number of rotatable bonds is 7. The molecule has 21 heavy (non-hydrogen) atoms. The van der Waals surface area contributed by atoms with Gasteiger partial charge in [-0.3, -0.25) is 0 Å². The van der Waals surface area contributed by atoms with Gasteiger partial charge < -0.3 is 10.5 Å². The summed E-state index contributed by atoms with van der Waals surface area (Å²) in [5.74, 6) is 5.84. The van der Waals surface area contributed by atoms with E-state index in [-0.39, 0.29) is 12.3 Å². The Morgan fingerprint density at radius 3 is 2.71 bits per heavy atom.